The molecule has 5 nitrogen and oxygen atoms in total. The van der Waals surface area contributed by atoms with Crippen LogP contribution in [0.4, 0.5) is 0 Å². The van der Waals surface area contributed by atoms with Crippen molar-refractivity contribution in [3.05, 3.63) is 17.0 Å². The van der Waals surface area contributed by atoms with Crippen LogP contribution in [0.5, 0.6) is 0 Å². The zero-order chi connectivity index (χ0) is 14.5. The summed E-state index contributed by atoms with van der Waals surface area (Å²) in [5.41, 5.74) is 2.69. The average molecular weight is 278 g/mol. The lowest BCUT2D eigenvalue weighted by Gasteiger charge is -2.16. The summed E-state index contributed by atoms with van der Waals surface area (Å²) in [5, 5.41) is 13.5. The first-order chi connectivity index (χ1) is 9.58. The van der Waals surface area contributed by atoms with Crippen LogP contribution in [0.1, 0.15) is 61.8 Å². The molecule has 2 rings (SSSR count). The summed E-state index contributed by atoms with van der Waals surface area (Å²) in [6.07, 6.45) is 4.30. The maximum absolute atomic E-state index is 12.3. The van der Waals surface area contributed by atoms with E-state index in [0.717, 1.165) is 49.5 Å². The molecule has 3 N–H and O–H groups in total. The summed E-state index contributed by atoms with van der Waals surface area (Å²) in [5.74, 6) is 0.672. The van der Waals surface area contributed by atoms with Gasteiger partial charge in [-0.3, -0.25) is 9.89 Å². The summed E-state index contributed by atoms with van der Waals surface area (Å²) < 4.78 is 0. The van der Waals surface area contributed by atoms with Gasteiger partial charge >= 0.3 is 0 Å². The highest BCUT2D eigenvalue weighted by atomic mass is 16.2. The largest absolute Gasteiger partial charge is 0.348 e. The molecule has 1 atom stereocenters. The molecular weight excluding hydrogens is 252 g/mol. The Hall–Kier alpha value is -1.36. The van der Waals surface area contributed by atoms with Crippen molar-refractivity contribution < 1.29 is 4.79 Å². The quantitative estimate of drug-likeness (QED) is 0.745. The van der Waals surface area contributed by atoms with Gasteiger partial charge in [0.25, 0.3) is 5.91 Å². The lowest BCUT2D eigenvalue weighted by atomic mass is 10.0. The first-order valence-electron chi connectivity index (χ1n) is 7.65. The van der Waals surface area contributed by atoms with Crippen molar-refractivity contribution in [2.24, 2.45) is 5.92 Å². The Kier molecular flexibility index (Phi) is 5.17. The Balaban J connectivity index is 1.87. The summed E-state index contributed by atoms with van der Waals surface area (Å²) >= 11 is 0. The SMILES string of the molecule is CC(C)CCCC(C)NC(=O)c1n[nH]c2c1CNCC2. The number of rotatable bonds is 6. The molecule has 0 spiro atoms. The molecule has 5 heteroatoms. The second-order valence-electron chi connectivity index (χ2n) is 6.16. The maximum Gasteiger partial charge on any atom is 0.272 e. The summed E-state index contributed by atoms with van der Waals surface area (Å²) in [6.45, 7) is 8.20. The van der Waals surface area contributed by atoms with Crippen LogP contribution < -0.4 is 10.6 Å². The highest BCUT2D eigenvalue weighted by Gasteiger charge is 2.22. The second kappa shape index (κ2) is 6.88. The Bertz CT molecular complexity index is 453. The van der Waals surface area contributed by atoms with E-state index >= 15 is 0 Å². The molecule has 1 aliphatic heterocycles. The van der Waals surface area contributed by atoms with Gasteiger partial charge in [0, 0.05) is 36.8 Å². The summed E-state index contributed by atoms with van der Waals surface area (Å²) in [4.78, 5) is 12.3. The van der Waals surface area contributed by atoms with Gasteiger partial charge in [0.15, 0.2) is 5.69 Å². The van der Waals surface area contributed by atoms with E-state index in [0.29, 0.717) is 5.69 Å². The van der Waals surface area contributed by atoms with Gasteiger partial charge in [-0.05, 0) is 19.3 Å². The molecule has 0 saturated carbocycles. The zero-order valence-corrected chi connectivity index (χ0v) is 12.8. The highest BCUT2D eigenvalue weighted by Crippen LogP contribution is 2.15. The lowest BCUT2D eigenvalue weighted by molar-refractivity contribution is 0.0931. The third-order valence-electron chi connectivity index (χ3n) is 3.82. The Morgan fingerprint density at radius 1 is 1.35 bits per heavy atom. The maximum atomic E-state index is 12.3. The van der Waals surface area contributed by atoms with E-state index in [1.807, 2.05) is 0 Å². The van der Waals surface area contributed by atoms with Gasteiger partial charge in [0.05, 0.1) is 0 Å². The number of amides is 1. The fourth-order valence-corrected chi connectivity index (χ4v) is 2.61. The number of hydrogen-bond donors (Lipinski definition) is 3. The number of fused-ring (bicyclic) bond motifs is 1. The van der Waals surface area contributed by atoms with Crippen molar-refractivity contribution in [1.29, 1.82) is 0 Å². The molecule has 20 heavy (non-hydrogen) atoms. The molecule has 0 saturated heterocycles. The first kappa shape index (κ1) is 15.0. The van der Waals surface area contributed by atoms with E-state index in [4.69, 9.17) is 0 Å². The van der Waals surface area contributed by atoms with Gasteiger partial charge in [0.1, 0.15) is 0 Å². The number of hydrogen-bond acceptors (Lipinski definition) is 3. The Morgan fingerprint density at radius 3 is 2.90 bits per heavy atom. The van der Waals surface area contributed by atoms with E-state index in [2.05, 4.69) is 41.6 Å². The molecular formula is C15H26N4O. The number of aromatic amines is 1. The minimum absolute atomic E-state index is 0.0525. The van der Waals surface area contributed by atoms with Crippen LogP contribution >= 0.6 is 0 Å². The topological polar surface area (TPSA) is 69.8 Å². The van der Waals surface area contributed by atoms with E-state index in [1.165, 1.54) is 6.42 Å². The number of nitrogens with zero attached hydrogens (tertiary/aromatic N) is 1. The van der Waals surface area contributed by atoms with Crippen LogP contribution in [-0.2, 0) is 13.0 Å². The van der Waals surface area contributed by atoms with Gasteiger partial charge in [-0.2, -0.15) is 5.10 Å². The number of H-pyrrole nitrogens is 1. The van der Waals surface area contributed by atoms with E-state index in [1.54, 1.807) is 0 Å². The Morgan fingerprint density at radius 2 is 2.15 bits per heavy atom. The van der Waals surface area contributed by atoms with Crippen molar-refractivity contribution >= 4 is 5.91 Å². The minimum atomic E-state index is -0.0525. The summed E-state index contributed by atoms with van der Waals surface area (Å²) in [6, 6.07) is 0.199. The lowest BCUT2D eigenvalue weighted by Crippen LogP contribution is -2.34. The van der Waals surface area contributed by atoms with Crippen LogP contribution in [-0.4, -0.2) is 28.7 Å². The molecule has 0 radical (unpaired) electrons. The predicted octanol–water partition coefficient (Wildman–Crippen LogP) is 2.00. The molecule has 1 aromatic rings. The van der Waals surface area contributed by atoms with Gasteiger partial charge < -0.3 is 10.6 Å². The van der Waals surface area contributed by atoms with Gasteiger partial charge in [-0.15, -0.1) is 0 Å². The molecule has 1 aliphatic rings. The summed E-state index contributed by atoms with van der Waals surface area (Å²) in [7, 11) is 0. The van der Waals surface area contributed by atoms with Crippen LogP contribution in [0, 0.1) is 5.92 Å². The molecule has 2 heterocycles. The number of aromatic nitrogens is 2. The second-order valence-corrected chi connectivity index (χ2v) is 6.16. The number of carbonyl (C=O) groups excluding carboxylic acids is 1. The number of carbonyl (C=O) groups is 1. The van der Waals surface area contributed by atoms with E-state index < -0.39 is 0 Å². The molecule has 0 aromatic carbocycles. The van der Waals surface area contributed by atoms with Crippen LogP contribution in [0.2, 0.25) is 0 Å². The molecule has 0 fully saturated rings. The standard InChI is InChI=1S/C15H26N4O/c1-10(2)5-4-6-11(3)17-15(20)14-12-9-16-8-7-13(12)18-19-14/h10-11,16H,4-9H2,1-3H3,(H,17,20)(H,18,19). The van der Waals surface area contributed by atoms with Gasteiger partial charge in [-0.1, -0.05) is 26.7 Å². The van der Waals surface area contributed by atoms with Crippen molar-refractivity contribution in [2.45, 2.75) is 59.0 Å². The van der Waals surface area contributed by atoms with Crippen LogP contribution in [0.25, 0.3) is 0 Å². The third kappa shape index (κ3) is 3.82. The smallest absolute Gasteiger partial charge is 0.272 e. The van der Waals surface area contributed by atoms with Crippen LogP contribution in [0.15, 0.2) is 0 Å². The highest BCUT2D eigenvalue weighted by molar-refractivity contribution is 5.94. The molecule has 1 unspecified atom stereocenters. The third-order valence-corrected chi connectivity index (χ3v) is 3.82. The average Bonchev–Trinajstić information content (AvgIpc) is 2.82. The number of nitrogens with one attached hydrogen (secondary N) is 3. The van der Waals surface area contributed by atoms with Gasteiger partial charge in [0.2, 0.25) is 0 Å². The molecule has 1 amide bonds. The van der Waals surface area contributed by atoms with Gasteiger partial charge in [-0.25, -0.2) is 0 Å². The molecule has 0 aliphatic carbocycles. The Labute approximate surface area is 120 Å². The minimum Gasteiger partial charge on any atom is -0.348 e. The zero-order valence-electron chi connectivity index (χ0n) is 12.8. The molecule has 1 aromatic heterocycles. The van der Waals surface area contributed by atoms with E-state index in [-0.39, 0.29) is 11.9 Å². The van der Waals surface area contributed by atoms with Crippen molar-refractivity contribution in [2.75, 3.05) is 6.54 Å². The molecule has 112 valence electrons. The predicted molar refractivity (Wildman–Crippen MR) is 79.6 cm³/mol. The van der Waals surface area contributed by atoms with Crippen LogP contribution in [0.3, 0.4) is 0 Å². The van der Waals surface area contributed by atoms with Crippen molar-refractivity contribution in [3.8, 4) is 0 Å². The normalized spacial score (nSPS) is 16.0. The molecule has 0 bridgehead atoms. The first-order valence-corrected chi connectivity index (χ1v) is 7.65. The van der Waals surface area contributed by atoms with E-state index in [9.17, 15) is 4.79 Å². The monoisotopic (exact) mass is 278 g/mol. The van der Waals surface area contributed by atoms with Crippen molar-refractivity contribution in [3.63, 3.8) is 0 Å². The fraction of sp³-hybridized carbons (Fsp3) is 0.733. The van der Waals surface area contributed by atoms with Crippen molar-refractivity contribution in [1.82, 2.24) is 20.8 Å². The fourth-order valence-electron chi connectivity index (χ4n) is 2.61.